The van der Waals surface area contributed by atoms with Gasteiger partial charge < -0.3 is 11.1 Å². The number of amides is 1. The Morgan fingerprint density at radius 2 is 2.05 bits per heavy atom. The van der Waals surface area contributed by atoms with Gasteiger partial charge in [0.25, 0.3) is 5.91 Å². The molecule has 1 aromatic carbocycles. The third-order valence-electron chi connectivity index (χ3n) is 2.85. The number of nitrogens with two attached hydrogens (primary N) is 1. The summed E-state index contributed by atoms with van der Waals surface area (Å²) in [6, 6.07) is 10.9. The van der Waals surface area contributed by atoms with Crippen LogP contribution in [0.25, 0.3) is 5.69 Å². The molecule has 0 spiro atoms. The van der Waals surface area contributed by atoms with Gasteiger partial charge in [0.15, 0.2) is 0 Å². The van der Waals surface area contributed by atoms with E-state index in [1.807, 2.05) is 23.6 Å². The molecule has 106 valence electrons. The van der Waals surface area contributed by atoms with E-state index in [0.29, 0.717) is 17.1 Å². The Bertz CT molecular complexity index is 778. The monoisotopic (exact) mass is 410 g/mol. The Morgan fingerprint density at radius 3 is 2.71 bits per heavy atom. The van der Waals surface area contributed by atoms with Gasteiger partial charge in [-0.2, -0.15) is 5.10 Å². The fraction of sp³-hybridized carbons (Fsp3) is 0. The number of halogens is 1. The van der Waals surface area contributed by atoms with E-state index in [4.69, 9.17) is 5.73 Å². The minimum absolute atomic E-state index is 0.147. The summed E-state index contributed by atoms with van der Waals surface area (Å²) in [7, 11) is 0. The molecule has 21 heavy (non-hydrogen) atoms. The lowest BCUT2D eigenvalue weighted by Gasteiger charge is -2.08. The lowest BCUT2D eigenvalue weighted by Crippen LogP contribution is -2.14. The Balaban J connectivity index is 1.86. The smallest absolute Gasteiger partial charge is 0.257 e. The summed E-state index contributed by atoms with van der Waals surface area (Å²) in [5.74, 6) is 0.470. The summed E-state index contributed by atoms with van der Waals surface area (Å²) in [5.41, 5.74) is 7.85. The van der Waals surface area contributed by atoms with Gasteiger partial charge in [0.1, 0.15) is 5.82 Å². The van der Waals surface area contributed by atoms with Crippen LogP contribution in [0.2, 0.25) is 0 Å². The standard InChI is InChI=1S/C14H11IN4OS/c15-12-7-9(8-21-12)14(20)18-13-5-6-17-19(13)11-3-1-10(16)2-4-11/h1-8H,16H2,(H,18,20). The molecule has 0 radical (unpaired) electrons. The average Bonchev–Trinajstić information content (AvgIpc) is 3.09. The number of anilines is 2. The van der Waals surface area contributed by atoms with Crippen LogP contribution in [0.15, 0.2) is 48.0 Å². The van der Waals surface area contributed by atoms with Gasteiger partial charge in [0.2, 0.25) is 0 Å². The van der Waals surface area contributed by atoms with Crippen LogP contribution < -0.4 is 11.1 Å². The molecular formula is C14H11IN4OS. The van der Waals surface area contributed by atoms with Crippen LogP contribution in [0, 0.1) is 2.88 Å². The van der Waals surface area contributed by atoms with Crippen LogP contribution in [-0.2, 0) is 0 Å². The zero-order valence-electron chi connectivity index (χ0n) is 10.8. The summed E-state index contributed by atoms with van der Waals surface area (Å²) < 4.78 is 2.74. The molecule has 2 heterocycles. The van der Waals surface area contributed by atoms with Gasteiger partial charge in [-0.25, -0.2) is 4.68 Å². The normalized spacial score (nSPS) is 10.5. The van der Waals surface area contributed by atoms with E-state index in [1.54, 1.807) is 29.1 Å². The molecule has 0 bridgehead atoms. The number of carbonyl (C=O) groups is 1. The second kappa shape index (κ2) is 5.86. The summed E-state index contributed by atoms with van der Waals surface area (Å²) in [6.45, 7) is 0. The van der Waals surface area contributed by atoms with Gasteiger partial charge in [-0.3, -0.25) is 4.79 Å². The first-order chi connectivity index (χ1) is 10.1. The maximum Gasteiger partial charge on any atom is 0.257 e. The Morgan fingerprint density at radius 1 is 1.29 bits per heavy atom. The second-order valence-corrected chi connectivity index (χ2v) is 7.12. The topological polar surface area (TPSA) is 72.9 Å². The highest BCUT2D eigenvalue weighted by molar-refractivity contribution is 14.1. The maximum atomic E-state index is 12.2. The van der Waals surface area contributed by atoms with Crippen molar-refractivity contribution in [3.8, 4) is 5.69 Å². The first-order valence-corrected chi connectivity index (χ1v) is 8.04. The SMILES string of the molecule is Nc1ccc(-n2nccc2NC(=O)c2csc(I)c2)cc1. The zero-order valence-corrected chi connectivity index (χ0v) is 13.8. The van der Waals surface area contributed by atoms with E-state index in [9.17, 15) is 4.79 Å². The van der Waals surface area contributed by atoms with Crippen molar-refractivity contribution in [1.82, 2.24) is 9.78 Å². The molecular weight excluding hydrogens is 399 g/mol. The third kappa shape index (κ3) is 3.08. The highest BCUT2D eigenvalue weighted by atomic mass is 127. The van der Waals surface area contributed by atoms with Crippen molar-refractivity contribution in [2.75, 3.05) is 11.1 Å². The van der Waals surface area contributed by atoms with E-state index >= 15 is 0 Å². The van der Waals surface area contributed by atoms with Crippen LogP contribution in [0.4, 0.5) is 11.5 Å². The molecule has 0 fully saturated rings. The minimum atomic E-state index is -0.147. The molecule has 3 rings (SSSR count). The van der Waals surface area contributed by atoms with Crippen molar-refractivity contribution in [3.05, 3.63) is 56.4 Å². The quantitative estimate of drug-likeness (QED) is 0.514. The summed E-state index contributed by atoms with van der Waals surface area (Å²) >= 11 is 3.73. The number of nitrogens with zero attached hydrogens (tertiary/aromatic N) is 2. The van der Waals surface area contributed by atoms with Gasteiger partial charge in [0.05, 0.1) is 20.3 Å². The van der Waals surface area contributed by atoms with Gasteiger partial charge in [0, 0.05) is 17.1 Å². The number of aromatic nitrogens is 2. The van der Waals surface area contributed by atoms with Crippen molar-refractivity contribution in [1.29, 1.82) is 0 Å². The summed E-state index contributed by atoms with van der Waals surface area (Å²) in [4.78, 5) is 12.2. The van der Waals surface area contributed by atoms with E-state index in [2.05, 4.69) is 33.0 Å². The van der Waals surface area contributed by atoms with E-state index in [0.717, 1.165) is 8.57 Å². The molecule has 3 aromatic rings. The Labute approximate surface area is 138 Å². The van der Waals surface area contributed by atoms with Crippen molar-refractivity contribution in [3.63, 3.8) is 0 Å². The number of nitrogen functional groups attached to an aromatic ring is 1. The molecule has 2 aromatic heterocycles. The van der Waals surface area contributed by atoms with Gasteiger partial charge in [-0.05, 0) is 52.9 Å². The molecule has 3 N–H and O–H groups in total. The van der Waals surface area contributed by atoms with E-state index in [-0.39, 0.29) is 5.91 Å². The van der Waals surface area contributed by atoms with Crippen LogP contribution in [0.5, 0.6) is 0 Å². The molecule has 1 amide bonds. The molecule has 0 saturated carbocycles. The molecule has 7 heteroatoms. The lowest BCUT2D eigenvalue weighted by molar-refractivity contribution is 0.102. The first-order valence-electron chi connectivity index (χ1n) is 6.09. The summed E-state index contributed by atoms with van der Waals surface area (Å²) in [6.07, 6.45) is 1.64. The van der Waals surface area contributed by atoms with Crippen LogP contribution in [0.1, 0.15) is 10.4 Å². The molecule has 0 saturated heterocycles. The highest BCUT2D eigenvalue weighted by Crippen LogP contribution is 2.20. The van der Waals surface area contributed by atoms with Crippen LogP contribution >= 0.6 is 33.9 Å². The van der Waals surface area contributed by atoms with Gasteiger partial charge in [-0.15, -0.1) is 11.3 Å². The number of thiophene rings is 1. The van der Waals surface area contributed by atoms with Crippen molar-refractivity contribution in [2.45, 2.75) is 0 Å². The molecule has 0 unspecified atom stereocenters. The largest absolute Gasteiger partial charge is 0.399 e. The van der Waals surface area contributed by atoms with Crippen molar-refractivity contribution in [2.24, 2.45) is 0 Å². The van der Waals surface area contributed by atoms with Crippen LogP contribution in [-0.4, -0.2) is 15.7 Å². The molecule has 0 aliphatic heterocycles. The third-order valence-corrected chi connectivity index (χ3v) is 4.64. The zero-order chi connectivity index (χ0) is 14.8. The predicted octanol–water partition coefficient (Wildman–Crippen LogP) is 3.37. The maximum absolute atomic E-state index is 12.2. The number of benzene rings is 1. The Hall–Kier alpha value is -1.87. The number of hydrogen-bond acceptors (Lipinski definition) is 4. The number of carbonyl (C=O) groups excluding carboxylic acids is 1. The fourth-order valence-corrected chi connectivity index (χ4v) is 3.16. The number of nitrogens with one attached hydrogen (secondary N) is 1. The highest BCUT2D eigenvalue weighted by Gasteiger charge is 2.12. The van der Waals surface area contributed by atoms with Crippen LogP contribution in [0.3, 0.4) is 0 Å². The predicted molar refractivity (Wildman–Crippen MR) is 93.0 cm³/mol. The average molecular weight is 410 g/mol. The van der Waals surface area contributed by atoms with E-state index < -0.39 is 0 Å². The summed E-state index contributed by atoms with van der Waals surface area (Å²) in [5, 5.41) is 8.93. The van der Waals surface area contributed by atoms with Gasteiger partial charge >= 0.3 is 0 Å². The molecule has 0 aliphatic carbocycles. The lowest BCUT2D eigenvalue weighted by atomic mass is 10.3. The first kappa shape index (κ1) is 14.1. The van der Waals surface area contributed by atoms with Gasteiger partial charge in [-0.1, -0.05) is 0 Å². The Kier molecular flexibility index (Phi) is 3.93. The minimum Gasteiger partial charge on any atom is -0.399 e. The molecule has 5 nitrogen and oxygen atoms in total. The number of rotatable bonds is 3. The van der Waals surface area contributed by atoms with E-state index in [1.165, 1.54) is 11.3 Å². The van der Waals surface area contributed by atoms with Crippen molar-refractivity contribution < 1.29 is 4.79 Å². The molecule has 0 atom stereocenters. The molecule has 0 aliphatic rings. The second-order valence-electron chi connectivity index (χ2n) is 4.31. The van der Waals surface area contributed by atoms with Crippen molar-refractivity contribution >= 4 is 51.3 Å². The fourth-order valence-electron chi connectivity index (χ4n) is 1.84. The number of hydrogen-bond donors (Lipinski definition) is 2.